The molecule has 1 aromatic rings. The molecular weight excluding hydrogens is 247 g/mol. The highest BCUT2D eigenvalue weighted by molar-refractivity contribution is 8.00. The molecule has 4 heteroatoms. The zero-order valence-corrected chi connectivity index (χ0v) is 10.4. The van der Waals surface area contributed by atoms with Gasteiger partial charge in [-0.2, -0.15) is 11.8 Å². The first kappa shape index (κ1) is 12.2. The molecule has 1 fully saturated rings. The van der Waals surface area contributed by atoms with Gasteiger partial charge in [-0.1, -0.05) is 23.7 Å². The van der Waals surface area contributed by atoms with Crippen LogP contribution in [-0.4, -0.2) is 22.2 Å². The lowest BCUT2D eigenvalue weighted by atomic mass is 10.0. The van der Waals surface area contributed by atoms with Crippen molar-refractivity contribution in [2.75, 3.05) is 5.75 Å². The second-order valence-corrected chi connectivity index (χ2v) is 5.79. The maximum Gasteiger partial charge on any atom is 0.145 e. The Kier molecular flexibility index (Phi) is 4.11. The second-order valence-electron chi connectivity index (χ2n) is 4.04. The van der Waals surface area contributed by atoms with E-state index >= 15 is 0 Å². The van der Waals surface area contributed by atoms with Gasteiger partial charge in [-0.05, 0) is 30.2 Å². The van der Waals surface area contributed by atoms with Crippen molar-refractivity contribution in [2.24, 2.45) is 0 Å². The predicted molar refractivity (Wildman–Crippen MR) is 66.6 cm³/mol. The Bertz CT molecular complexity index is 366. The minimum atomic E-state index is -0.472. The molecule has 1 aromatic carbocycles. The van der Waals surface area contributed by atoms with Crippen LogP contribution >= 0.6 is 23.4 Å². The molecule has 2 atom stereocenters. The first-order valence-electron chi connectivity index (χ1n) is 5.41. The Labute approximate surface area is 104 Å². The Balaban J connectivity index is 2.05. The van der Waals surface area contributed by atoms with Gasteiger partial charge in [0.15, 0.2) is 0 Å². The minimum absolute atomic E-state index is 0.128. The number of aliphatic hydroxyl groups excluding tert-OH is 1. The predicted octanol–water partition coefficient (Wildman–Crippen LogP) is 3.28. The van der Waals surface area contributed by atoms with Crippen molar-refractivity contribution in [1.82, 2.24) is 0 Å². The molecule has 2 rings (SSSR count). The molecule has 16 heavy (non-hydrogen) atoms. The van der Waals surface area contributed by atoms with Crippen LogP contribution in [0.5, 0.6) is 0 Å². The normalized spacial score (nSPS) is 22.3. The molecule has 88 valence electrons. The molecule has 0 aromatic heterocycles. The van der Waals surface area contributed by atoms with Crippen molar-refractivity contribution >= 4 is 23.4 Å². The van der Waals surface area contributed by atoms with E-state index in [0.29, 0.717) is 12.0 Å². The van der Waals surface area contributed by atoms with Crippen molar-refractivity contribution in [2.45, 2.75) is 30.6 Å². The maximum atomic E-state index is 13.6. The molecule has 1 nitrogen and oxygen atoms in total. The van der Waals surface area contributed by atoms with Crippen molar-refractivity contribution in [3.8, 4) is 0 Å². The van der Waals surface area contributed by atoms with Gasteiger partial charge in [-0.15, -0.1) is 0 Å². The third-order valence-electron chi connectivity index (χ3n) is 2.85. The van der Waals surface area contributed by atoms with E-state index in [4.69, 9.17) is 11.6 Å². The lowest BCUT2D eigenvalue weighted by Crippen LogP contribution is -2.23. The van der Waals surface area contributed by atoms with E-state index in [1.807, 2.05) is 0 Å². The van der Waals surface area contributed by atoms with E-state index in [0.717, 1.165) is 18.6 Å². The average molecular weight is 261 g/mol. The summed E-state index contributed by atoms with van der Waals surface area (Å²) in [5.74, 6) is 0.700. The average Bonchev–Trinajstić information content (AvgIpc) is 2.78. The van der Waals surface area contributed by atoms with Gasteiger partial charge in [0.25, 0.3) is 0 Å². The zero-order valence-electron chi connectivity index (χ0n) is 8.83. The quantitative estimate of drug-likeness (QED) is 0.900. The summed E-state index contributed by atoms with van der Waals surface area (Å²) in [6.07, 6.45) is 2.04. The molecule has 2 unspecified atom stereocenters. The lowest BCUT2D eigenvalue weighted by Gasteiger charge is -2.17. The number of rotatable bonds is 3. The molecule has 0 amide bonds. The van der Waals surface area contributed by atoms with Gasteiger partial charge in [0, 0.05) is 11.7 Å². The largest absolute Gasteiger partial charge is 0.392 e. The van der Waals surface area contributed by atoms with E-state index in [1.54, 1.807) is 23.9 Å². The first-order chi connectivity index (χ1) is 7.68. The van der Waals surface area contributed by atoms with Gasteiger partial charge in [-0.3, -0.25) is 0 Å². The minimum Gasteiger partial charge on any atom is -0.392 e. The van der Waals surface area contributed by atoms with Crippen LogP contribution < -0.4 is 0 Å². The third kappa shape index (κ3) is 2.70. The highest BCUT2D eigenvalue weighted by Gasteiger charge is 2.24. The summed E-state index contributed by atoms with van der Waals surface area (Å²) < 4.78 is 13.6. The van der Waals surface area contributed by atoms with Crippen LogP contribution in [0.3, 0.4) is 0 Å². The molecule has 0 saturated carbocycles. The molecule has 1 heterocycles. The Hall–Kier alpha value is -0.250. The van der Waals surface area contributed by atoms with Crippen LogP contribution in [-0.2, 0) is 6.42 Å². The van der Waals surface area contributed by atoms with Crippen LogP contribution in [0.25, 0.3) is 0 Å². The molecule has 1 aliphatic heterocycles. The van der Waals surface area contributed by atoms with Crippen LogP contribution in [0.1, 0.15) is 18.4 Å². The number of hydrogen-bond donors (Lipinski definition) is 1. The monoisotopic (exact) mass is 260 g/mol. The van der Waals surface area contributed by atoms with E-state index in [9.17, 15) is 9.50 Å². The second kappa shape index (κ2) is 5.39. The summed E-state index contributed by atoms with van der Waals surface area (Å²) in [5, 5.41) is 10.4. The topological polar surface area (TPSA) is 20.2 Å². The molecule has 1 saturated heterocycles. The third-order valence-corrected chi connectivity index (χ3v) is 4.65. The lowest BCUT2D eigenvalue weighted by molar-refractivity contribution is 0.169. The van der Waals surface area contributed by atoms with E-state index in [2.05, 4.69) is 0 Å². The Morgan fingerprint density at radius 3 is 3.06 bits per heavy atom. The van der Waals surface area contributed by atoms with E-state index < -0.39 is 11.9 Å². The van der Waals surface area contributed by atoms with Crippen LogP contribution in [0, 0.1) is 5.82 Å². The summed E-state index contributed by atoms with van der Waals surface area (Å²) >= 11 is 7.47. The molecule has 0 radical (unpaired) electrons. The van der Waals surface area contributed by atoms with Crippen molar-refractivity contribution < 1.29 is 9.50 Å². The van der Waals surface area contributed by atoms with Crippen LogP contribution in [0.15, 0.2) is 18.2 Å². The highest BCUT2D eigenvalue weighted by Crippen LogP contribution is 2.30. The number of thioether (sulfide) groups is 1. The molecule has 1 N–H and O–H groups in total. The number of benzene rings is 1. The summed E-state index contributed by atoms with van der Waals surface area (Å²) in [6, 6.07) is 4.93. The molecular formula is C12H14ClFOS. The van der Waals surface area contributed by atoms with Crippen LogP contribution in [0.4, 0.5) is 4.39 Å². The molecule has 0 aliphatic carbocycles. The van der Waals surface area contributed by atoms with Gasteiger partial charge >= 0.3 is 0 Å². The highest BCUT2D eigenvalue weighted by atomic mass is 35.5. The fourth-order valence-electron chi connectivity index (χ4n) is 1.97. The van der Waals surface area contributed by atoms with Gasteiger partial charge in [0.05, 0.1) is 11.1 Å². The van der Waals surface area contributed by atoms with Crippen molar-refractivity contribution in [3.05, 3.63) is 34.6 Å². The molecule has 1 aliphatic rings. The molecule has 0 bridgehead atoms. The van der Waals surface area contributed by atoms with Gasteiger partial charge in [0.2, 0.25) is 0 Å². The first-order valence-corrected chi connectivity index (χ1v) is 6.83. The fraction of sp³-hybridized carbons (Fsp3) is 0.500. The smallest absolute Gasteiger partial charge is 0.145 e. The summed E-state index contributed by atoms with van der Waals surface area (Å²) in [6.45, 7) is 0. The number of hydrogen-bond acceptors (Lipinski definition) is 2. The van der Waals surface area contributed by atoms with Gasteiger partial charge in [0.1, 0.15) is 5.82 Å². The van der Waals surface area contributed by atoms with Crippen LogP contribution in [0.2, 0.25) is 5.02 Å². The maximum absolute atomic E-state index is 13.6. The van der Waals surface area contributed by atoms with Crippen molar-refractivity contribution in [1.29, 1.82) is 0 Å². The van der Waals surface area contributed by atoms with E-state index in [1.165, 1.54) is 6.07 Å². The van der Waals surface area contributed by atoms with E-state index in [-0.39, 0.29) is 10.3 Å². The zero-order chi connectivity index (χ0) is 11.5. The number of halogens is 2. The van der Waals surface area contributed by atoms with Gasteiger partial charge in [-0.25, -0.2) is 4.39 Å². The summed E-state index contributed by atoms with van der Waals surface area (Å²) in [5.41, 5.74) is 0.507. The fourth-order valence-corrected chi connectivity index (χ4v) is 3.45. The summed E-state index contributed by atoms with van der Waals surface area (Å²) in [4.78, 5) is 0. The van der Waals surface area contributed by atoms with Gasteiger partial charge < -0.3 is 5.11 Å². The van der Waals surface area contributed by atoms with Crippen molar-refractivity contribution in [3.63, 3.8) is 0 Å². The Morgan fingerprint density at radius 2 is 2.38 bits per heavy atom. The number of aliphatic hydroxyl groups is 1. The standard InChI is InChI=1S/C12H14ClFOS/c13-9-4-1-3-8(12(9)14)7-10(15)11-5-2-6-16-11/h1,3-4,10-11,15H,2,5-7H2. The Morgan fingerprint density at radius 1 is 1.56 bits per heavy atom. The SMILES string of the molecule is OC(Cc1cccc(Cl)c1F)C1CCCS1. The summed E-state index contributed by atoms with van der Waals surface area (Å²) in [7, 11) is 0. The molecule has 0 spiro atoms.